The maximum absolute atomic E-state index is 12.5. The number of imide groups is 1. The highest BCUT2D eigenvalue weighted by atomic mass is 32.1. The maximum atomic E-state index is 12.5. The molecular weight excluding hydrogens is 326 g/mol. The zero-order valence-electron chi connectivity index (χ0n) is 12.6. The highest BCUT2D eigenvalue weighted by Crippen LogP contribution is 2.29. The Morgan fingerprint density at radius 2 is 2.00 bits per heavy atom. The minimum atomic E-state index is -0.413. The summed E-state index contributed by atoms with van der Waals surface area (Å²) in [6, 6.07) is 10.1. The van der Waals surface area contributed by atoms with Crippen LogP contribution in [0.2, 0.25) is 0 Å². The molecule has 3 aromatic rings. The summed E-state index contributed by atoms with van der Waals surface area (Å²) >= 11 is 1.45. The molecule has 0 fully saturated rings. The number of hydrogen-bond donors (Lipinski definition) is 1. The van der Waals surface area contributed by atoms with E-state index in [0.29, 0.717) is 16.8 Å². The van der Waals surface area contributed by atoms with Crippen molar-refractivity contribution in [1.29, 1.82) is 0 Å². The third-order valence-electron chi connectivity index (χ3n) is 3.96. The van der Waals surface area contributed by atoms with Crippen LogP contribution >= 0.6 is 11.3 Å². The van der Waals surface area contributed by atoms with Crippen LogP contribution in [0.15, 0.2) is 41.9 Å². The predicted molar refractivity (Wildman–Crippen MR) is 90.4 cm³/mol. The van der Waals surface area contributed by atoms with Gasteiger partial charge in [-0.05, 0) is 30.3 Å². The van der Waals surface area contributed by atoms with Gasteiger partial charge in [0.25, 0.3) is 17.7 Å². The van der Waals surface area contributed by atoms with Crippen molar-refractivity contribution in [2.24, 2.45) is 0 Å². The highest BCUT2D eigenvalue weighted by molar-refractivity contribution is 7.16. The van der Waals surface area contributed by atoms with Gasteiger partial charge in [-0.2, -0.15) is 0 Å². The van der Waals surface area contributed by atoms with Crippen LogP contribution in [0.5, 0.6) is 0 Å². The van der Waals surface area contributed by atoms with Crippen molar-refractivity contribution in [1.82, 2.24) is 9.88 Å². The molecule has 0 saturated heterocycles. The molecule has 1 aliphatic rings. The van der Waals surface area contributed by atoms with Crippen molar-refractivity contribution in [2.45, 2.75) is 0 Å². The molecule has 0 spiro atoms. The number of amides is 3. The van der Waals surface area contributed by atoms with Crippen molar-refractivity contribution >= 4 is 45.0 Å². The summed E-state index contributed by atoms with van der Waals surface area (Å²) in [5.41, 5.74) is 3.89. The average Bonchev–Trinajstić information content (AvgIpc) is 3.14. The van der Waals surface area contributed by atoms with Gasteiger partial charge in [-0.1, -0.05) is 6.07 Å². The number of carbonyl (C=O) groups is 3. The summed E-state index contributed by atoms with van der Waals surface area (Å²) in [6.07, 6.45) is 0. The Morgan fingerprint density at radius 3 is 2.83 bits per heavy atom. The van der Waals surface area contributed by atoms with Crippen LogP contribution in [0.3, 0.4) is 0 Å². The van der Waals surface area contributed by atoms with E-state index in [1.165, 1.54) is 18.4 Å². The number of carbonyl (C=O) groups excluding carboxylic acids is 3. The maximum Gasteiger partial charge on any atom is 0.263 e. The van der Waals surface area contributed by atoms with Gasteiger partial charge < -0.3 is 5.32 Å². The second kappa shape index (κ2) is 5.24. The third kappa shape index (κ3) is 2.10. The molecule has 4 rings (SSSR count). The van der Waals surface area contributed by atoms with Gasteiger partial charge >= 0.3 is 0 Å². The van der Waals surface area contributed by atoms with E-state index in [1.807, 2.05) is 0 Å². The third-order valence-corrected chi connectivity index (χ3v) is 4.75. The standard InChI is InChI=1S/C17H11N3O3S/c1-20-16(22)10-3-2-4-12(14(10)17(20)23)19-15(21)9-5-6-11-13(7-9)24-8-18-11/h2-8H,1H3,(H,19,21). The zero-order valence-corrected chi connectivity index (χ0v) is 13.4. The van der Waals surface area contributed by atoms with Crippen molar-refractivity contribution < 1.29 is 14.4 Å². The summed E-state index contributed by atoms with van der Waals surface area (Å²) in [7, 11) is 1.42. The first kappa shape index (κ1) is 14.5. The highest BCUT2D eigenvalue weighted by Gasteiger charge is 2.35. The Labute approximate surface area is 140 Å². The first-order valence-corrected chi connectivity index (χ1v) is 8.04. The number of fused-ring (bicyclic) bond motifs is 2. The van der Waals surface area contributed by atoms with Crippen molar-refractivity contribution in [3.05, 3.63) is 58.6 Å². The fourth-order valence-corrected chi connectivity index (χ4v) is 3.41. The average molecular weight is 337 g/mol. The van der Waals surface area contributed by atoms with Gasteiger partial charge in [-0.3, -0.25) is 19.3 Å². The van der Waals surface area contributed by atoms with Crippen LogP contribution in [0.4, 0.5) is 5.69 Å². The number of anilines is 1. The van der Waals surface area contributed by atoms with E-state index < -0.39 is 5.91 Å². The predicted octanol–water partition coefficient (Wildman–Crippen LogP) is 2.77. The largest absolute Gasteiger partial charge is 0.321 e. The molecule has 1 aliphatic heterocycles. The van der Waals surface area contributed by atoms with E-state index in [1.54, 1.807) is 41.9 Å². The lowest BCUT2D eigenvalue weighted by atomic mass is 10.1. The Kier molecular flexibility index (Phi) is 3.17. The van der Waals surface area contributed by atoms with E-state index in [-0.39, 0.29) is 17.4 Å². The minimum Gasteiger partial charge on any atom is -0.321 e. The number of hydrogen-bond acceptors (Lipinski definition) is 5. The molecule has 0 radical (unpaired) electrons. The molecular formula is C17H11N3O3S. The Balaban J connectivity index is 1.70. The topological polar surface area (TPSA) is 79.4 Å². The molecule has 0 aliphatic carbocycles. The van der Waals surface area contributed by atoms with Crippen LogP contribution in [-0.2, 0) is 0 Å². The Morgan fingerprint density at radius 1 is 1.17 bits per heavy atom. The lowest BCUT2D eigenvalue weighted by Gasteiger charge is -2.09. The summed E-state index contributed by atoms with van der Waals surface area (Å²) in [5, 5.41) is 2.73. The summed E-state index contributed by atoms with van der Waals surface area (Å²) in [4.78, 5) is 42.0. The fraction of sp³-hybridized carbons (Fsp3) is 0.0588. The quantitative estimate of drug-likeness (QED) is 0.729. The van der Waals surface area contributed by atoms with E-state index in [0.717, 1.165) is 15.1 Å². The van der Waals surface area contributed by atoms with Gasteiger partial charge in [0, 0.05) is 12.6 Å². The SMILES string of the molecule is CN1C(=O)c2cccc(NC(=O)c3ccc4ncsc4c3)c2C1=O. The molecule has 118 valence electrons. The van der Waals surface area contributed by atoms with Crippen LogP contribution < -0.4 is 5.32 Å². The molecule has 7 heteroatoms. The number of thiazole rings is 1. The number of aromatic nitrogens is 1. The molecule has 0 saturated carbocycles. The van der Waals surface area contributed by atoms with Gasteiger partial charge in [0.05, 0.1) is 32.5 Å². The van der Waals surface area contributed by atoms with E-state index in [9.17, 15) is 14.4 Å². The molecule has 1 N–H and O–H groups in total. The number of benzene rings is 2. The van der Waals surface area contributed by atoms with Crippen molar-refractivity contribution in [3.8, 4) is 0 Å². The van der Waals surface area contributed by atoms with Gasteiger partial charge in [0.15, 0.2) is 0 Å². The summed E-state index contributed by atoms with van der Waals surface area (Å²) < 4.78 is 0.909. The molecule has 2 aromatic carbocycles. The normalized spacial score (nSPS) is 13.5. The van der Waals surface area contributed by atoms with Gasteiger partial charge in [0.2, 0.25) is 0 Å². The molecule has 3 amide bonds. The first-order chi connectivity index (χ1) is 11.6. The van der Waals surface area contributed by atoms with Crippen LogP contribution in [0, 0.1) is 0 Å². The van der Waals surface area contributed by atoms with Gasteiger partial charge in [-0.25, -0.2) is 4.98 Å². The van der Waals surface area contributed by atoms with Crippen LogP contribution in [0.1, 0.15) is 31.1 Å². The van der Waals surface area contributed by atoms with Crippen molar-refractivity contribution in [3.63, 3.8) is 0 Å². The molecule has 0 unspecified atom stereocenters. The lowest BCUT2D eigenvalue weighted by molar-refractivity contribution is 0.0693. The summed E-state index contributed by atoms with van der Waals surface area (Å²) in [5.74, 6) is -1.12. The zero-order chi connectivity index (χ0) is 16.8. The smallest absolute Gasteiger partial charge is 0.263 e. The van der Waals surface area contributed by atoms with Crippen LogP contribution in [-0.4, -0.2) is 34.7 Å². The molecule has 24 heavy (non-hydrogen) atoms. The number of nitrogens with one attached hydrogen (secondary N) is 1. The Bertz CT molecular complexity index is 1020. The lowest BCUT2D eigenvalue weighted by Crippen LogP contribution is -2.24. The molecule has 2 heterocycles. The van der Waals surface area contributed by atoms with Crippen LogP contribution in [0.25, 0.3) is 10.2 Å². The molecule has 6 nitrogen and oxygen atoms in total. The number of rotatable bonds is 2. The second-order valence-electron chi connectivity index (χ2n) is 5.39. The van der Waals surface area contributed by atoms with Crippen molar-refractivity contribution in [2.75, 3.05) is 12.4 Å². The van der Waals surface area contributed by atoms with E-state index >= 15 is 0 Å². The minimum absolute atomic E-state index is 0.234. The fourth-order valence-electron chi connectivity index (χ4n) is 2.70. The van der Waals surface area contributed by atoms with E-state index in [2.05, 4.69) is 10.3 Å². The first-order valence-electron chi connectivity index (χ1n) is 7.16. The van der Waals surface area contributed by atoms with Gasteiger partial charge in [-0.15, -0.1) is 11.3 Å². The van der Waals surface area contributed by atoms with E-state index in [4.69, 9.17) is 0 Å². The molecule has 0 atom stereocenters. The summed E-state index contributed by atoms with van der Waals surface area (Å²) in [6.45, 7) is 0. The second-order valence-corrected chi connectivity index (χ2v) is 6.27. The monoisotopic (exact) mass is 337 g/mol. The molecule has 0 bridgehead atoms. The Hall–Kier alpha value is -3.06. The van der Waals surface area contributed by atoms with Gasteiger partial charge in [0.1, 0.15) is 0 Å². The number of nitrogens with zero attached hydrogens (tertiary/aromatic N) is 2. The molecule has 1 aromatic heterocycles.